The Morgan fingerprint density at radius 3 is 1.85 bits per heavy atom. The van der Waals surface area contributed by atoms with E-state index in [9.17, 15) is 28.8 Å². The number of likely N-dealkylation sites (N-methyl/N-ethyl adjacent to an activating group) is 3. The van der Waals surface area contributed by atoms with Crippen molar-refractivity contribution < 1.29 is 47.8 Å². The zero-order chi connectivity index (χ0) is 68.6. The quantitative estimate of drug-likeness (QED) is 0.0304. The first-order valence-electron chi connectivity index (χ1n) is 35.8. The predicted molar refractivity (Wildman–Crippen MR) is 376 cm³/mol. The van der Waals surface area contributed by atoms with Crippen LogP contribution < -0.4 is 10.6 Å². The van der Waals surface area contributed by atoms with E-state index in [0.29, 0.717) is 72.8 Å². The highest BCUT2D eigenvalue weighted by Gasteiger charge is 2.46. The number of rotatable bonds is 26. The molecular formula is C79H100ClN7O10. The number of hydrogen-bond acceptors (Lipinski definition) is 11. The second kappa shape index (κ2) is 34.1. The van der Waals surface area contributed by atoms with Crippen LogP contribution in [0.4, 0.5) is 4.79 Å². The Morgan fingerprint density at radius 1 is 0.649 bits per heavy atom. The number of aldehydes is 1. The van der Waals surface area contributed by atoms with Crippen molar-refractivity contribution in [2.75, 3.05) is 60.5 Å². The lowest BCUT2D eigenvalue weighted by atomic mass is 9.78. The van der Waals surface area contributed by atoms with Crippen LogP contribution in [0.3, 0.4) is 0 Å². The normalized spacial score (nSPS) is 19.2. The number of alkyl carbamates (subject to hydrolysis) is 1. The number of fused-ring (bicyclic) bond motifs is 3. The molecule has 0 bridgehead atoms. The van der Waals surface area contributed by atoms with Crippen LogP contribution in [0.2, 0.25) is 5.02 Å². The molecule has 18 heteroatoms. The highest BCUT2D eigenvalue weighted by Crippen LogP contribution is 2.46. The van der Waals surface area contributed by atoms with E-state index in [1.807, 2.05) is 116 Å². The van der Waals surface area contributed by atoms with Gasteiger partial charge in [0.1, 0.15) is 31.0 Å². The molecule has 0 spiro atoms. The van der Waals surface area contributed by atoms with Gasteiger partial charge in [-0.25, -0.2) is 4.79 Å². The molecule has 7 atom stereocenters. The second-order valence-corrected chi connectivity index (χ2v) is 28.3. The van der Waals surface area contributed by atoms with E-state index in [4.69, 9.17) is 21.1 Å². The largest absolute Gasteiger partial charge is 0.449 e. The minimum absolute atomic E-state index is 0.0288. The number of esters is 1. The van der Waals surface area contributed by atoms with E-state index in [0.717, 1.165) is 86.5 Å². The number of hydrogen-bond donors (Lipinski definition) is 2. The summed E-state index contributed by atoms with van der Waals surface area (Å²) in [5, 5.41) is 6.09. The van der Waals surface area contributed by atoms with Gasteiger partial charge < -0.3 is 44.5 Å². The van der Waals surface area contributed by atoms with Crippen molar-refractivity contribution in [1.82, 2.24) is 35.1 Å². The number of halogens is 1. The maximum absolute atomic E-state index is 15.1. The lowest BCUT2D eigenvalue weighted by Gasteiger charge is -2.45. The summed E-state index contributed by atoms with van der Waals surface area (Å²) in [5.74, 6) is -3.08. The molecule has 17 nitrogen and oxygen atoms in total. The third-order valence-electron chi connectivity index (χ3n) is 21.6. The molecule has 5 aromatic rings. The summed E-state index contributed by atoms with van der Waals surface area (Å²) in [4.78, 5) is 123. The van der Waals surface area contributed by atoms with Gasteiger partial charge in [0, 0.05) is 75.0 Å². The molecule has 97 heavy (non-hydrogen) atoms. The fraction of sp³-hybridized carbons (Fsp3) is 0.519. The third-order valence-corrected chi connectivity index (χ3v) is 21.9. The van der Waals surface area contributed by atoms with Crippen molar-refractivity contribution in [3.8, 4) is 11.1 Å². The average Bonchev–Trinajstić information content (AvgIpc) is 1.65. The Labute approximate surface area is 578 Å². The Balaban J connectivity index is 0.819. The molecular weight excluding hydrogens is 1240 g/mol. The average molecular weight is 1340 g/mol. The maximum Gasteiger partial charge on any atom is 0.407 e. The molecule has 0 aromatic heterocycles. The summed E-state index contributed by atoms with van der Waals surface area (Å²) in [5.41, 5.74) is 5.80. The van der Waals surface area contributed by atoms with Crippen LogP contribution in [-0.2, 0) is 48.6 Å². The summed E-state index contributed by atoms with van der Waals surface area (Å²) in [6.45, 7) is 4.75. The van der Waals surface area contributed by atoms with Gasteiger partial charge in [0.05, 0.1) is 25.0 Å². The first-order valence-corrected chi connectivity index (χ1v) is 36.2. The molecule has 3 aliphatic carbocycles. The highest BCUT2D eigenvalue weighted by molar-refractivity contribution is 6.31. The fourth-order valence-electron chi connectivity index (χ4n) is 15.5. The number of benzene rings is 5. The van der Waals surface area contributed by atoms with Gasteiger partial charge in [-0.2, -0.15) is 0 Å². The van der Waals surface area contributed by atoms with E-state index in [1.165, 1.54) is 72.9 Å². The minimum Gasteiger partial charge on any atom is -0.449 e. The van der Waals surface area contributed by atoms with Crippen LogP contribution in [0.25, 0.3) is 11.1 Å². The van der Waals surface area contributed by atoms with E-state index in [1.54, 1.807) is 18.0 Å². The number of likely N-dealkylation sites (tertiary alicyclic amines) is 2. The number of amides is 6. The molecule has 10 rings (SSSR count). The lowest BCUT2D eigenvalue weighted by Crippen LogP contribution is -2.63. The smallest absolute Gasteiger partial charge is 0.407 e. The Hall–Kier alpha value is -7.89. The number of carbonyl (C=O) groups is 8. The molecule has 4 fully saturated rings. The summed E-state index contributed by atoms with van der Waals surface area (Å²) in [7, 11) is 4.65. The summed E-state index contributed by atoms with van der Waals surface area (Å²) in [6, 6.07) is 36.2. The summed E-state index contributed by atoms with van der Waals surface area (Å²) < 4.78 is 12.8. The van der Waals surface area contributed by atoms with Crippen molar-refractivity contribution in [3.63, 3.8) is 0 Å². The molecule has 0 radical (unpaired) electrons. The van der Waals surface area contributed by atoms with E-state index in [-0.39, 0.29) is 36.8 Å². The zero-order valence-corrected chi connectivity index (χ0v) is 58.2. The number of ether oxygens (including phenoxy) is 2. The van der Waals surface area contributed by atoms with E-state index in [2.05, 4.69) is 34.9 Å². The van der Waals surface area contributed by atoms with Crippen molar-refractivity contribution in [2.24, 2.45) is 11.8 Å². The minimum atomic E-state index is -1.58. The molecule has 2 saturated heterocycles. The first-order chi connectivity index (χ1) is 47.0. The zero-order valence-electron chi connectivity index (χ0n) is 57.5. The van der Waals surface area contributed by atoms with Crippen molar-refractivity contribution in [3.05, 3.63) is 166 Å². The van der Waals surface area contributed by atoms with Crippen LogP contribution in [0.5, 0.6) is 0 Å². The molecule has 2 saturated carbocycles. The Morgan fingerprint density at radius 2 is 1.23 bits per heavy atom. The summed E-state index contributed by atoms with van der Waals surface area (Å²) in [6.07, 6.45) is 17.6. The number of piperidine rings is 1. The third kappa shape index (κ3) is 17.2. The van der Waals surface area contributed by atoms with Gasteiger partial charge in [0.2, 0.25) is 29.5 Å². The predicted octanol–water partition coefficient (Wildman–Crippen LogP) is 12.6. The number of nitrogens with zero attached hydrogens (tertiary/aromatic N) is 5. The van der Waals surface area contributed by atoms with Crippen molar-refractivity contribution in [1.29, 1.82) is 0 Å². The molecule has 518 valence electrons. The summed E-state index contributed by atoms with van der Waals surface area (Å²) >= 11 is 7.15. The van der Waals surface area contributed by atoms with Gasteiger partial charge in [-0.15, -0.1) is 0 Å². The van der Waals surface area contributed by atoms with Gasteiger partial charge in [-0.3, -0.25) is 33.7 Å². The second-order valence-electron chi connectivity index (χ2n) is 27.9. The first kappa shape index (κ1) is 71.9. The molecule has 5 aromatic carbocycles. The topological polar surface area (TPSA) is 195 Å². The lowest BCUT2D eigenvalue weighted by molar-refractivity contribution is -0.156. The molecule has 2 heterocycles. The highest BCUT2D eigenvalue weighted by atomic mass is 35.5. The number of nitrogens with one attached hydrogen (secondary N) is 2. The van der Waals surface area contributed by atoms with Crippen LogP contribution >= 0.6 is 11.6 Å². The molecule has 6 amide bonds. The van der Waals surface area contributed by atoms with Crippen LogP contribution in [0.15, 0.2) is 127 Å². The van der Waals surface area contributed by atoms with Crippen LogP contribution in [0.1, 0.15) is 187 Å². The van der Waals surface area contributed by atoms with Crippen LogP contribution in [0, 0.1) is 11.8 Å². The van der Waals surface area contributed by atoms with E-state index < -0.39 is 84.5 Å². The molecule has 2 N–H and O–H groups in total. The van der Waals surface area contributed by atoms with Crippen molar-refractivity contribution in [2.45, 2.75) is 190 Å². The Bertz CT molecular complexity index is 3470. The monoisotopic (exact) mass is 1340 g/mol. The fourth-order valence-corrected chi connectivity index (χ4v) is 15.8. The van der Waals surface area contributed by atoms with Crippen molar-refractivity contribution >= 4 is 59.5 Å². The van der Waals surface area contributed by atoms with Gasteiger partial charge in [0.25, 0.3) is 0 Å². The molecule has 5 aliphatic rings. The number of carbonyl (C=O) groups excluding carboxylic acids is 8. The molecule has 2 aliphatic heterocycles. The van der Waals surface area contributed by atoms with Gasteiger partial charge in [-0.05, 0) is 96.6 Å². The van der Waals surface area contributed by atoms with Gasteiger partial charge >= 0.3 is 12.1 Å². The SMILES string of the molecule is CC[C@H](C)[C@H](NC(=O)OCC1c2ccccc2-c2ccccc21)C(=O)N(C)C(C=O)CN1CC[C@H]1C(=O)N(C)[C@@H](CC1CCCCC1)C(=O)N(C)CC(=O)N[C@@H](CC(=O)OC(c1ccccc1)(c1ccc(C2CCCCCCCC2)cc1)c1ccccc1Cl)C(=O)N1CCCCC1. The van der Waals surface area contributed by atoms with Gasteiger partial charge in [-0.1, -0.05) is 224 Å². The van der Waals surface area contributed by atoms with Crippen LogP contribution in [-0.4, -0.2) is 163 Å². The standard InChI is InChI=1S/C79H100ClN7O10/c1-6-54(2)73(82-78(95)96-53-65-63-36-22-20-34-61(63)62-35-21-23-37-64(62)65)77(94)84(4)60(52-88)50-87-47-44-69(87)76(93)85(5)70(48-55-28-14-11-15-29-55)75(92)83(3)51-71(89)81-68(74(91)86-45-26-13-27-46-86)49-72(90)97-79(58-32-18-12-19-33-58,66-38-24-25-39-67(66)80)59-42-40-57(41-43-59)56-30-16-9-7-8-10-17-31-56/h12,18-25,32-43,52,54-56,60,65,68-70,73H,6-11,13-17,26-31,44-51,53H2,1-5H3,(H,81,89)(H,82,95)/t54-,60?,68-,69-,70-,73-,79?/m0/s1. The molecule has 2 unspecified atom stereocenters. The maximum atomic E-state index is 15.1. The Kier molecular flexibility index (Phi) is 25.2. The van der Waals surface area contributed by atoms with E-state index >= 15 is 9.59 Å². The van der Waals surface area contributed by atoms with Gasteiger partial charge in [0.15, 0.2) is 5.60 Å².